The molecule has 2 N–H and O–H groups in total. The maximum atomic E-state index is 12.9. The fourth-order valence-electron chi connectivity index (χ4n) is 2.82. The number of rotatable bonds is 7. The molecule has 2 atom stereocenters. The first-order chi connectivity index (χ1) is 12.1. The second kappa shape index (κ2) is 7.92. The second-order valence-corrected chi connectivity index (χ2v) is 6.33. The fraction of sp³-hybridized carbons (Fsp3) is 0.300. The first-order valence-corrected chi connectivity index (χ1v) is 8.51. The molecule has 0 bridgehead atoms. The highest BCUT2D eigenvalue weighted by Crippen LogP contribution is 2.39. The van der Waals surface area contributed by atoms with E-state index in [1.165, 1.54) is 29.8 Å². The SMILES string of the molecule is O=C(NCCCc1ccccc1)C1CC1C(=O)Nc1ccc(F)cc1. The zero-order valence-corrected chi connectivity index (χ0v) is 13.9. The van der Waals surface area contributed by atoms with Crippen molar-refractivity contribution in [3.8, 4) is 0 Å². The summed E-state index contributed by atoms with van der Waals surface area (Å²) in [6, 6.07) is 15.7. The smallest absolute Gasteiger partial charge is 0.228 e. The second-order valence-electron chi connectivity index (χ2n) is 6.33. The Kier molecular flexibility index (Phi) is 5.43. The van der Waals surface area contributed by atoms with Gasteiger partial charge in [-0.25, -0.2) is 4.39 Å². The van der Waals surface area contributed by atoms with E-state index in [1.54, 1.807) is 0 Å². The lowest BCUT2D eigenvalue weighted by molar-refractivity contribution is -0.125. The number of hydrogen-bond acceptors (Lipinski definition) is 2. The lowest BCUT2D eigenvalue weighted by Gasteiger charge is -2.06. The van der Waals surface area contributed by atoms with Gasteiger partial charge in [0.2, 0.25) is 11.8 Å². The maximum absolute atomic E-state index is 12.9. The third-order valence-electron chi connectivity index (χ3n) is 4.36. The van der Waals surface area contributed by atoms with E-state index in [9.17, 15) is 14.0 Å². The Morgan fingerprint density at radius 2 is 1.64 bits per heavy atom. The van der Waals surface area contributed by atoms with Crippen LogP contribution in [0.4, 0.5) is 10.1 Å². The van der Waals surface area contributed by atoms with Crippen LogP contribution in [0, 0.1) is 17.7 Å². The van der Waals surface area contributed by atoms with Crippen LogP contribution in [0.2, 0.25) is 0 Å². The van der Waals surface area contributed by atoms with E-state index in [0.29, 0.717) is 18.7 Å². The van der Waals surface area contributed by atoms with Crippen molar-refractivity contribution in [2.75, 3.05) is 11.9 Å². The van der Waals surface area contributed by atoms with Gasteiger partial charge in [0.05, 0.1) is 11.8 Å². The number of carbonyl (C=O) groups excluding carboxylic acids is 2. The van der Waals surface area contributed by atoms with E-state index in [2.05, 4.69) is 22.8 Å². The van der Waals surface area contributed by atoms with Gasteiger partial charge in [-0.1, -0.05) is 30.3 Å². The topological polar surface area (TPSA) is 58.2 Å². The van der Waals surface area contributed by atoms with Gasteiger partial charge in [0.1, 0.15) is 5.82 Å². The molecule has 1 saturated carbocycles. The maximum Gasteiger partial charge on any atom is 0.228 e. The molecule has 2 aromatic carbocycles. The number of aryl methyl sites for hydroxylation is 1. The van der Waals surface area contributed by atoms with Crippen molar-refractivity contribution in [3.63, 3.8) is 0 Å². The molecule has 1 aliphatic rings. The molecule has 1 aliphatic carbocycles. The highest BCUT2D eigenvalue weighted by Gasteiger charge is 2.47. The highest BCUT2D eigenvalue weighted by molar-refractivity contribution is 5.99. The molecule has 2 unspecified atom stereocenters. The van der Waals surface area contributed by atoms with Crippen molar-refractivity contribution in [2.45, 2.75) is 19.3 Å². The largest absolute Gasteiger partial charge is 0.356 e. The lowest BCUT2D eigenvalue weighted by atomic mass is 10.1. The molecule has 130 valence electrons. The first-order valence-electron chi connectivity index (χ1n) is 8.51. The molecular weight excluding hydrogens is 319 g/mol. The van der Waals surface area contributed by atoms with Crippen molar-refractivity contribution in [3.05, 3.63) is 66.0 Å². The standard InChI is InChI=1S/C20H21FN2O2/c21-15-8-10-16(11-9-15)23-20(25)18-13-17(18)19(24)22-12-4-7-14-5-2-1-3-6-14/h1-3,5-6,8-11,17-18H,4,7,12-13H2,(H,22,24)(H,23,25). The van der Waals surface area contributed by atoms with Gasteiger partial charge in [0.15, 0.2) is 0 Å². The number of anilines is 1. The van der Waals surface area contributed by atoms with Crippen LogP contribution in [-0.4, -0.2) is 18.4 Å². The molecule has 0 heterocycles. The zero-order chi connectivity index (χ0) is 17.6. The minimum atomic E-state index is -0.350. The van der Waals surface area contributed by atoms with Crippen LogP contribution in [0.5, 0.6) is 0 Å². The molecule has 4 nitrogen and oxygen atoms in total. The van der Waals surface area contributed by atoms with Gasteiger partial charge in [0, 0.05) is 12.2 Å². The van der Waals surface area contributed by atoms with Gasteiger partial charge in [-0.15, -0.1) is 0 Å². The summed E-state index contributed by atoms with van der Waals surface area (Å²) in [5.41, 5.74) is 1.79. The molecule has 2 amide bonds. The third kappa shape index (κ3) is 4.89. The van der Waals surface area contributed by atoms with Crippen molar-refractivity contribution in [1.82, 2.24) is 5.32 Å². The quantitative estimate of drug-likeness (QED) is 0.761. The molecule has 1 fully saturated rings. The van der Waals surface area contributed by atoms with Gasteiger partial charge < -0.3 is 10.6 Å². The minimum absolute atomic E-state index is 0.0627. The Balaban J connectivity index is 1.36. The van der Waals surface area contributed by atoms with Crippen molar-refractivity contribution >= 4 is 17.5 Å². The Morgan fingerprint density at radius 3 is 2.36 bits per heavy atom. The molecule has 2 aromatic rings. The van der Waals surface area contributed by atoms with Crippen LogP contribution >= 0.6 is 0 Å². The summed E-state index contributed by atoms with van der Waals surface area (Å²) < 4.78 is 12.9. The van der Waals surface area contributed by atoms with Gasteiger partial charge >= 0.3 is 0 Å². The van der Waals surface area contributed by atoms with Gasteiger partial charge in [-0.05, 0) is 49.1 Å². The summed E-state index contributed by atoms with van der Waals surface area (Å²) in [6.07, 6.45) is 2.35. The van der Waals surface area contributed by atoms with Crippen LogP contribution in [0.15, 0.2) is 54.6 Å². The number of halogens is 1. The van der Waals surface area contributed by atoms with Crippen LogP contribution in [0.3, 0.4) is 0 Å². The lowest BCUT2D eigenvalue weighted by Crippen LogP contribution is -2.28. The highest BCUT2D eigenvalue weighted by atomic mass is 19.1. The molecule has 0 radical (unpaired) electrons. The fourth-order valence-corrected chi connectivity index (χ4v) is 2.82. The van der Waals surface area contributed by atoms with Crippen molar-refractivity contribution < 1.29 is 14.0 Å². The minimum Gasteiger partial charge on any atom is -0.356 e. The zero-order valence-electron chi connectivity index (χ0n) is 13.9. The Bertz CT molecular complexity index is 731. The summed E-state index contributed by atoms with van der Waals surface area (Å²) >= 11 is 0. The van der Waals surface area contributed by atoms with Crippen molar-refractivity contribution in [1.29, 1.82) is 0 Å². The van der Waals surface area contributed by atoms with E-state index in [-0.39, 0.29) is 29.5 Å². The van der Waals surface area contributed by atoms with Gasteiger partial charge in [0.25, 0.3) is 0 Å². The van der Waals surface area contributed by atoms with Crippen LogP contribution < -0.4 is 10.6 Å². The van der Waals surface area contributed by atoms with E-state index in [1.807, 2.05) is 18.2 Å². The molecule has 0 aromatic heterocycles. The summed E-state index contributed by atoms with van der Waals surface area (Å²) in [7, 11) is 0. The van der Waals surface area contributed by atoms with Crippen molar-refractivity contribution in [2.24, 2.45) is 11.8 Å². The molecular formula is C20H21FN2O2. The number of benzene rings is 2. The summed E-state index contributed by atoms with van der Waals surface area (Å²) in [4.78, 5) is 24.2. The molecule has 0 saturated heterocycles. The average molecular weight is 340 g/mol. The van der Waals surface area contributed by atoms with E-state index < -0.39 is 0 Å². The van der Waals surface area contributed by atoms with Crippen LogP contribution in [0.1, 0.15) is 18.4 Å². The van der Waals surface area contributed by atoms with Gasteiger partial charge in [-0.2, -0.15) is 0 Å². The Hall–Kier alpha value is -2.69. The average Bonchev–Trinajstić information content (AvgIpc) is 3.42. The van der Waals surface area contributed by atoms with Gasteiger partial charge in [-0.3, -0.25) is 9.59 Å². The summed E-state index contributed by atoms with van der Waals surface area (Å²) in [5, 5.41) is 5.62. The number of carbonyl (C=O) groups is 2. The van der Waals surface area contributed by atoms with E-state index in [4.69, 9.17) is 0 Å². The normalized spacial score (nSPS) is 18.4. The van der Waals surface area contributed by atoms with E-state index in [0.717, 1.165) is 12.8 Å². The molecule has 0 spiro atoms. The number of hydrogen-bond donors (Lipinski definition) is 2. The third-order valence-corrected chi connectivity index (χ3v) is 4.36. The molecule has 5 heteroatoms. The van der Waals surface area contributed by atoms with Crippen LogP contribution in [-0.2, 0) is 16.0 Å². The predicted octanol–water partition coefficient (Wildman–Crippen LogP) is 3.15. The number of amides is 2. The number of nitrogens with one attached hydrogen (secondary N) is 2. The summed E-state index contributed by atoms with van der Waals surface area (Å²) in [6.45, 7) is 0.608. The first kappa shape index (κ1) is 17.1. The predicted molar refractivity (Wildman–Crippen MR) is 94.4 cm³/mol. The molecule has 25 heavy (non-hydrogen) atoms. The Morgan fingerprint density at radius 1 is 0.960 bits per heavy atom. The summed E-state index contributed by atoms with van der Waals surface area (Å²) in [5.74, 6) is -1.14. The molecule has 0 aliphatic heterocycles. The monoisotopic (exact) mass is 340 g/mol. The Labute approximate surface area is 146 Å². The molecule has 3 rings (SSSR count). The van der Waals surface area contributed by atoms with Crippen LogP contribution in [0.25, 0.3) is 0 Å². The van der Waals surface area contributed by atoms with E-state index >= 15 is 0 Å².